The SMILES string of the molecule is CC[C@@H](C)NC(=O)CSc1nc2c(sc3ccccc32)c(=O)n1Cc1ccccc1Cl. The number of carbonyl (C=O) groups excluding carboxylic acids is 1. The maximum atomic E-state index is 13.5. The number of carbonyl (C=O) groups is 1. The first-order valence-electron chi connectivity index (χ1n) is 10.1. The van der Waals surface area contributed by atoms with Crippen molar-refractivity contribution in [2.24, 2.45) is 0 Å². The molecule has 0 aliphatic rings. The molecule has 4 rings (SSSR count). The molecule has 0 spiro atoms. The predicted octanol–water partition coefficient (Wildman–Crippen LogP) is 5.32. The van der Waals surface area contributed by atoms with E-state index in [1.54, 1.807) is 10.6 Å². The average Bonchev–Trinajstić information content (AvgIpc) is 3.14. The normalized spacial score (nSPS) is 12.4. The summed E-state index contributed by atoms with van der Waals surface area (Å²) in [5.41, 5.74) is 1.40. The molecule has 0 saturated heterocycles. The van der Waals surface area contributed by atoms with Gasteiger partial charge in [0.05, 0.1) is 17.8 Å². The Hall–Kier alpha value is -2.35. The number of hydrogen-bond donors (Lipinski definition) is 1. The van der Waals surface area contributed by atoms with Gasteiger partial charge in [-0.1, -0.05) is 66.7 Å². The van der Waals surface area contributed by atoms with Crippen molar-refractivity contribution in [1.82, 2.24) is 14.9 Å². The standard InChI is InChI=1S/C23H22ClN3O2S2/c1-3-14(2)25-19(28)13-30-23-26-20-16-9-5-7-11-18(16)31-21(20)22(29)27(23)12-15-8-4-6-10-17(15)24/h4-11,14H,3,12-13H2,1-2H3,(H,25,28)/t14-/m1/s1. The third-order valence-corrected chi connectivity index (χ3v) is 7.58. The molecule has 0 unspecified atom stereocenters. The average molecular weight is 472 g/mol. The number of amides is 1. The molecule has 160 valence electrons. The van der Waals surface area contributed by atoms with Gasteiger partial charge in [0.25, 0.3) is 5.56 Å². The lowest BCUT2D eigenvalue weighted by Gasteiger charge is -2.14. The number of halogens is 1. The summed E-state index contributed by atoms with van der Waals surface area (Å²) in [7, 11) is 0. The molecule has 1 amide bonds. The minimum atomic E-state index is -0.115. The van der Waals surface area contributed by atoms with Crippen LogP contribution in [-0.2, 0) is 11.3 Å². The molecule has 2 aromatic heterocycles. The van der Waals surface area contributed by atoms with Crippen LogP contribution in [0.4, 0.5) is 0 Å². The lowest BCUT2D eigenvalue weighted by Crippen LogP contribution is -2.33. The molecule has 4 aromatic rings. The van der Waals surface area contributed by atoms with E-state index in [1.165, 1.54) is 23.1 Å². The lowest BCUT2D eigenvalue weighted by molar-refractivity contribution is -0.119. The zero-order chi connectivity index (χ0) is 22.0. The van der Waals surface area contributed by atoms with Gasteiger partial charge in [0.15, 0.2) is 5.16 Å². The Morgan fingerprint density at radius 3 is 2.74 bits per heavy atom. The van der Waals surface area contributed by atoms with Gasteiger partial charge in [-0.3, -0.25) is 14.2 Å². The number of thiophene rings is 1. The summed E-state index contributed by atoms with van der Waals surface area (Å²) in [5, 5.41) is 5.02. The fraction of sp³-hybridized carbons (Fsp3) is 0.261. The molecular weight excluding hydrogens is 450 g/mol. The van der Waals surface area contributed by atoms with Crippen molar-refractivity contribution in [3.8, 4) is 0 Å². The van der Waals surface area contributed by atoms with Crippen LogP contribution >= 0.6 is 34.7 Å². The second-order valence-corrected chi connectivity index (χ2v) is 9.72. The van der Waals surface area contributed by atoms with Crippen LogP contribution in [-0.4, -0.2) is 27.3 Å². The quantitative estimate of drug-likeness (QED) is 0.292. The summed E-state index contributed by atoms with van der Waals surface area (Å²) < 4.78 is 3.25. The lowest BCUT2D eigenvalue weighted by atomic mass is 10.2. The highest BCUT2D eigenvalue weighted by Gasteiger charge is 2.18. The fourth-order valence-electron chi connectivity index (χ4n) is 3.25. The predicted molar refractivity (Wildman–Crippen MR) is 131 cm³/mol. The number of aromatic nitrogens is 2. The van der Waals surface area contributed by atoms with E-state index in [4.69, 9.17) is 16.6 Å². The van der Waals surface area contributed by atoms with Crippen molar-refractivity contribution in [3.63, 3.8) is 0 Å². The van der Waals surface area contributed by atoms with Gasteiger partial charge in [-0.15, -0.1) is 11.3 Å². The van der Waals surface area contributed by atoms with E-state index in [9.17, 15) is 9.59 Å². The highest BCUT2D eigenvalue weighted by molar-refractivity contribution is 7.99. The molecule has 0 aliphatic heterocycles. The van der Waals surface area contributed by atoms with Crippen molar-refractivity contribution in [3.05, 3.63) is 69.5 Å². The van der Waals surface area contributed by atoms with Crippen molar-refractivity contribution in [2.75, 3.05) is 5.75 Å². The number of nitrogens with one attached hydrogen (secondary N) is 1. The van der Waals surface area contributed by atoms with Gasteiger partial charge in [0.1, 0.15) is 4.70 Å². The maximum Gasteiger partial charge on any atom is 0.272 e. The molecule has 0 bridgehead atoms. The molecule has 31 heavy (non-hydrogen) atoms. The molecule has 1 atom stereocenters. The van der Waals surface area contributed by atoms with Crippen LogP contribution in [0, 0.1) is 0 Å². The Kier molecular flexibility index (Phi) is 6.65. The van der Waals surface area contributed by atoms with Crippen LogP contribution in [0.15, 0.2) is 58.5 Å². The number of thioether (sulfide) groups is 1. The van der Waals surface area contributed by atoms with Crippen LogP contribution in [0.25, 0.3) is 20.3 Å². The Morgan fingerprint density at radius 2 is 1.97 bits per heavy atom. The van der Waals surface area contributed by atoms with Gasteiger partial charge >= 0.3 is 0 Å². The van der Waals surface area contributed by atoms with E-state index in [2.05, 4.69) is 5.32 Å². The first-order chi connectivity index (χ1) is 15.0. The zero-order valence-electron chi connectivity index (χ0n) is 17.2. The topological polar surface area (TPSA) is 64.0 Å². The second kappa shape index (κ2) is 9.42. The first kappa shape index (κ1) is 21.9. The van der Waals surface area contributed by atoms with Gasteiger partial charge in [0, 0.05) is 21.2 Å². The molecular formula is C23H22ClN3O2S2. The third-order valence-electron chi connectivity index (χ3n) is 5.09. The number of benzene rings is 2. The van der Waals surface area contributed by atoms with E-state index in [0.29, 0.717) is 26.9 Å². The van der Waals surface area contributed by atoms with Crippen LogP contribution < -0.4 is 10.9 Å². The highest BCUT2D eigenvalue weighted by atomic mass is 35.5. The smallest absolute Gasteiger partial charge is 0.272 e. The zero-order valence-corrected chi connectivity index (χ0v) is 19.6. The van der Waals surface area contributed by atoms with E-state index < -0.39 is 0 Å². The van der Waals surface area contributed by atoms with Crippen LogP contribution in [0.2, 0.25) is 5.02 Å². The molecule has 0 fully saturated rings. The van der Waals surface area contributed by atoms with Crippen LogP contribution in [0.5, 0.6) is 0 Å². The molecule has 8 heteroatoms. The highest BCUT2D eigenvalue weighted by Crippen LogP contribution is 2.32. The number of hydrogen-bond acceptors (Lipinski definition) is 5. The molecule has 5 nitrogen and oxygen atoms in total. The molecule has 0 saturated carbocycles. The Bertz CT molecular complexity index is 1320. The number of rotatable bonds is 7. The second-order valence-electron chi connectivity index (χ2n) is 7.32. The van der Waals surface area contributed by atoms with E-state index in [-0.39, 0.29) is 23.3 Å². The third kappa shape index (κ3) is 4.63. The van der Waals surface area contributed by atoms with Crippen molar-refractivity contribution >= 4 is 60.9 Å². The summed E-state index contributed by atoms with van der Waals surface area (Å²) in [5.74, 6) is 0.112. The monoisotopic (exact) mass is 471 g/mol. The summed E-state index contributed by atoms with van der Waals surface area (Å²) in [6.45, 7) is 4.29. The van der Waals surface area contributed by atoms with Crippen molar-refractivity contribution in [1.29, 1.82) is 0 Å². The Morgan fingerprint density at radius 1 is 1.23 bits per heavy atom. The van der Waals surface area contributed by atoms with Gasteiger partial charge < -0.3 is 5.32 Å². The van der Waals surface area contributed by atoms with Crippen LogP contribution in [0.1, 0.15) is 25.8 Å². The largest absolute Gasteiger partial charge is 0.353 e. The first-order valence-corrected chi connectivity index (χ1v) is 12.2. The van der Waals surface area contributed by atoms with Gasteiger partial charge in [-0.05, 0) is 31.0 Å². The van der Waals surface area contributed by atoms with Gasteiger partial charge in [0.2, 0.25) is 5.91 Å². The number of fused-ring (bicyclic) bond motifs is 3. The molecule has 0 aliphatic carbocycles. The minimum Gasteiger partial charge on any atom is -0.353 e. The maximum absolute atomic E-state index is 13.5. The minimum absolute atomic E-state index is 0.0758. The molecule has 2 aromatic carbocycles. The van der Waals surface area contributed by atoms with Crippen molar-refractivity contribution in [2.45, 2.75) is 38.0 Å². The molecule has 0 radical (unpaired) electrons. The van der Waals surface area contributed by atoms with Crippen LogP contribution in [0.3, 0.4) is 0 Å². The van der Waals surface area contributed by atoms with E-state index >= 15 is 0 Å². The molecule has 1 N–H and O–H groups in total. The van der Waals surface area contributed by atoms with Gasteiger partial charge in [-0.25, -0.2) is 4.98 Å². The fourth-order valence-corrected chi connectivity index (χ4v) is 5.34. The summed E-state index contributed by atoms with van der Waals surface area (Å²) in [4.78, 5) is 30.7. The van der Waals surface area contributed by atoms with E-state index in [1.807, 2.05) is 56.3 Å². The summed E-state index contributed by atoms with van der Waals surface area (Å²) in [6.07, 6.45) is 0.860. The molecule has 2 heterocycles. The number of nitrogens with zero attached hydrogens (tertiary/aromatic N) is 2. The summed E-state index contributed by atoms with van der Waals surface area (Å²) >= 11 is 9.08. The van der Waals surface area contributed by atoms with Crippen molar-refractivity contribution < 1.29 is 4.79 Å². The van der Waals surface area contributed by atoms with E-state index in [0.717, 1.165) is 22.1 Å². The summed E-state index contributed by atoms with van der Waals surface area (Å²) in [6, 6.07) is 15.4. The Labute approximate surface area is 193 Å². The van der Waals surface area contributed by atoms with Gasteiger partial charge in [-0.2, -0.15) is 0 Å². The Balaban J connectivity index is 1.78.